The molecule has 0 spiro atoms. The number of benzene rings is 1. The molecule has 6 heteroatoms. The molecule has 0 saturated heterocycles. The van der Waals surface area contributed by atoms with E-state index in [1.807, 2.05) is 35.2 Å². The van der Waals surface area contributed by atoms with Gasteiger partial charge in [-0.2, -0.15) is 0 Å². The monoisotopic (exact) mass is 345 g/mol. The van der Waals surface area contributed by atoms with Crippen molar-refractivity contribution in [2.24, 2.45) is 5.73 Å². The summed E-state index contributed by atoms with van der Waals surface area (Å²) in [5, 5.41) is 2.99. The van der Waals surface area contributed by atoms with Crippen LogP contribution >= 0.6 is 0 Å². The van der Waals surface area contributed by atoms with Crippen LogP contribution < -0.4 is 11.1 Å². The average Bonchev–Trinajstić information content (AvgIpc) is 3.47. The van der Waals surface area contributed by atoms with Gasteiger partial charge in [-0.25, -0.2) is 4.79 Å². The van der Waals surface area contributed by atoms with Crippen LogP contribution in [0.4, 0.5) is 4.79 Å². The number of carbonyl (C=O) groups excluding carboxylic acids is 2. The van der Waals surface area contributed by atoms with E-state index in [-0.39, 0.29) is 31.1 Å². The minimum Gasteiger partial charge on any atom is -0.445 e. The Kier molecular flexibility index (Phi) is 5.91. The fourth-order valence-corrected chi connectivity index (χ4v) is 3.65. The molecule has 0 aromatic heterocycles. The standard InChI is InChI=1S/C19H27N3O3/c20-12-18(23)22(15-10-11-15)17-9-5-4-8-16(17)21-19(24)25-13-14-6-2-1-3-7-14/h1-3,6-7,15-17H,4-5,8-13,20H2,(H,21,24)/t16-,17-/m0/s1. The Morgan fingerprint density at radius 3 is 2.52 bits per heavy atom. The number of alkyl carbamates (subject to hydrolysis) is 1. The Balaban J connectivity index is 1.58. The Morgan fingerprint density at radius 1 is 1.12 bits per heavy atom. The van der Waals surface area contributed by atoms with E-state index in [0.717, 1.165) is 44.1 Å². The molecule has 0 radical (unpaired) electrons. The van der Waals surface area contributed by atoms with Crippen molar-refractivity contribution in [3.05, 3.63) is 35.9 Å². The van der Waals surface area contributed by atoms with Crippen LogP contribution in [-0.4, -0.2) is 41.6 Å². The predicted molar refractivity (Wildman–Crippen MR) is 94.7 cm³/mol. The Hall–Kier alpha value is -2.08. The second-order valence-corrected chi connectivity index (χ2v) is 6.90. The molecule has 0 bridgehead atoms. The second-order valence-electron chi connectivity index (χ2n) is 6.90. The maximum absolute atomic E-state index is 12.3. The van der Waals surface area contributed by atoms with Crippen molar-refractivity contribution in [1.29, 1.82) is 0 Å². The molecule has 3 N–H and O–H groups in total. The zero-order valence-electron chi connectivity index (χ0n) is 14.5. The summed E-state index contributed by atoms with van der Waals surface area (Å²) in [6.45, 7) is 0.274. The average molecular weight is 345 g/mol. The summed E-state index contributed by atoms with van der Waals surface area (Å²) in [6, 6.07) is 9.87. The molecule has 2 saturated carbocycles. The van der Waals surface area contributed by atoms with Gasteiger partial charge in [-0.3, -0.25) is 4.79 Å². The number of carbonyl (C=O) groups is 2. The van der Waals surface area contributed by atoms with E-state index in [1.54, 1.807) is 0 Å². The molecule has 3 rings (SSSR count). The fraction of sp³-hybridized carbons (Fsp3) is 0.579. The smallest absolute Gasteiger partial charge is 0.407 e. The molecule has 0 unspecified atom stereocenters. The number of rotatable bonds is 6. The van der Waals surface area contributed by atoms with Crippen LogP contribution in [0.3, 0.4) is 0 Å². The quantitative estimate of drug-likeness (QED) is 0.827. The van der Waals surface area contributed by atoms with Gasteiger partial charge in [-0.05, 0) is 31.2 Å². The molecule has 2 amide bonds. The highest BCUT2D eigenvalue weighted by molar-refractivity contribution is 5.79. The number of amides is 2. The third-order valence-electron chi connectivity index (χ3n) is 5.01. The molecule has 2 aliphatic rings. The van der Waals surface area contributed by atoms with E-state index >= 15 is 0 Å². The van der Waals surface area contributed by atoms with Crippen LogP contribution in [0.2, 0.25) is 0 Å². The van der Waals surface area contributed by atoms with Crippen LogP contribution in [0.15, 0.2) is 30.3 Å². The van der Waals surface area contributed by atoms with E-state index in [4.69, 9.17) is 10.5 Å². The van der Waals surface area contributed by atoms with Gasteiger partial charge in [-0.1, -0.05) is 43.2 Å². The summed E-state index contributed by atoms with van der Waals surface area (Å²) in [4.78, 5) is 26.4. The lowest BCUT2D eigenvalue weighted by Crippen LogP contribution is -2.56. The van der Waals surface area contributed by atoms with Gasteiger partial charge >= 0.3 is 6.09 Å². The summed E-state index contributed by atoms with van der Waals surface area (Å²) in [5.74, 6) is -0.0150. The highest BCUT2D eigenvalue weighted by Gasteiger charge is 2.41. The Morgan fingerprint density at radius 2 is 1.84 bits per heavy atom. The van der Waals surface area contributed by atoms with Crippen LogP contribution in [0, 0.1) is 0 Å². The molecule has 2 fully saturated rings. The molecule has 25 heavy (non-hydrogen) atoms. The van der Waals surface area contributed by atoms with Gasteiger partial charge in [0.05, 0.1) is 18.6 Å². The lowest BCUT2D eigenvalue weighted by molar-refractivity contribution is -0.134. The molecule has 2 atom stereocenters. The van der Waals surface area contributed by atoms with Crippen LogP contribution in [0.5, 0.6) is 0 Å². The lowest BCUT2D eigenvalue weighted by Gasteiger charge is -2.40. The number of hydrogen-bond donors (Lipinski definition) is 2. The van der Waals surface area contributed by atoms with Gasteiger partial charge in [-0.15, -0.1) is 0 Å². The number of nitrogens with zero attached hydrogens (tertiary/aromatic N) is 1. The van der Waals surface area contributed by atoms with Crippen molar-refractivity contribution < 1.29 is 14.3 Å². The number of ether oxygens (including phenoxy) is 1. The summed E-state index contributed by atoms with van der Waals surface area (Å²) >= 11 is 0. The van der Waals surface area contributed by atoms with Crippen molar-refractivity contribution >= 4 is 12.0 Å². The predicted octanol–water partition coefficient (Wildman–Crippen LogP) is 2.17. The van der Waals surface area contributed by atoms with Crippen molar-refractivity contribution in [1.82, 2.24) is 10.2 Å². The van der Waals surface area contributed by atoms with Crippen molar-refractivity contribution in [3.8, 4) is 0 Å². The van der Waals surface area contributed by atoms with Crippen LogP contribution in [0.25, 0.3) is 0 Å². The summed E-state index contributed by atoms with van der Waals surface area (Å²) in [6.07, 6.45) is 5.55. The summed E-state index contributed by atoms with van der Waals surface area (Å²) in [5.41, 5.74) is 6.56. The third kappa shape index (κ3) is 4.72. The Bertz CT molecular complexity index is 589. The first-order valence-corrected chi connectivity index (χ1v) is 9.17. The van der Waals surface area contributed by atoms with Gasteiger partial charge in [0, 0.05) is 6.04 Å². The third-order valence-corrected chi connectivity index (χ3v) is 5.01. The molecule has 0 heterocycles. The van der Waals surface area contributed by atoms with Crippen molar-refractivity contribution in [2.75, 3.05) is 6.54 Å². The number of hydrogen-bond acceptors (Lipinski definition) is 4. The van der Waals surface area contributed by atoms with Gasteiger partial charge in [0.1, 0.15) is 6.61 Å². The summed E-state index contributed by atoms with van der Waals surface area (Å²) in [7, 11) is 0. The van der Waals surface area contributed by atoms with E-state index in [9.17, 15) is 9.59 Å². The molecule has 136 valence electrons. The Labute approximate surface area is 148 Å². The zero-order chi connectivity index (χ0) is 17.6. The molecule has 6 nitrogen and oxygen atoms in total. The lowest BCUT2D eigenvalue weighted by atomic mass is 9.89. The van der Waals surface area contributed by atoms with Gasteiger partial charge in [0.2, 0.25) is 5.91 Å². The minimum absolute atomic E-state index is 0.0150. The summed E-state index contributed by atoms with van der Waals surface area (Å²) < 4.78 is 5.34. The SMILES string of the molecule is NCC(=O)N(C1CC1)[C@H]1CCCC[C@@H]1NC(=O)OCc1ccccc1. The molecule has 0 aliphatic heterocycles. The number of nitrogens with one attached hydrogen (secondary N) is 1. The highest BCUT2D eigenvalue weighted by Crippen LogP contribution is 2.34. The van der Waals surface area contributed by atoms with Crippen LogP contribution in [0.1, 0.15) is 44.1 Å². The second kappa shape index (κ2) is 8.34. The largest absolute Gasteiger partial charge is 0.445 e. The van der Waals surface area contributed by atoms with E-state index in [1.165, 1.54) is 0 Å². The van der Waals surface area contributed by atoms with Gasteiger partial charge < -0.3 is 20.7 Å². The minimum atomic E-state index is -0.420. The molecule has 2 aliphatic carbocycles. The zero-order valence-corrected chi connectivity index (χ0v) is 14.5. The maximum Gasteiger partial charge on any atom is 0.407 e. The van der Waals surface area contributed by atoms with Gasteiger partial charge in [0.15, 0.2) is 0 Å². The van der Waals surface area contributed by atoms with E-state index in [0.29, 0.717) is 6.04 Å². The first-order chi connectivity index (χ1) is 12.2. The first-order valence-electron chi connectivity index (χ1n) is 9.17. The van der Waals surface area contributed by atoms with Crippen molar-refractivity contribution in [3.63, 3.8) is 0 Å². The van der Waals surface area contributed by atoms with Crippen LogP contribution in [-0.2, 0) is 16.1 Å². The number of nitrogens with two attached hydrogens (primary N) is 1. The van der Waals surface area contributed by atoms with E-state index < -0.39 is 6.09 Å². The normalized spacial score (nSPS) is 22.9. The maximum atomic E-state index is 12.3. The van der Waals surface area contributed by atoms with E-state index in [2.05, 4.69) is 5.32 Å². The topological polar surface area (TPSA) is 84.7 Å². The molecular formula is C19H27N3O3. The molecular weight excluding hydrogens is 318 g/mol. The van der Waals surface area contributed by atoms with Gasteiger partial charge in [0.25, 0.3) is 0 Å². The van der Waals surface area contributed by atoms with Crippen molar-refractivity contribution in [2.45, 2.75) is 63.3 Å². The molecule has 1 aromatic rings. The highest BCUT2D eigenvalue weighted by atomic mass is 16.5. The molecule has 1 aromatic carbocycles. The first kappa shape index (κ1) is 17.7. The fourth-order valence-electron chi connectivity index (χ4n) is 3.65.